The molecule has 0 amide bonds. The normalized spacial score (nSPS) is 10.6. The summed E-state index contributed by atoms with van der Waals surface area (Å²) in [6, 6.07) is 4.59. The molecule has 17 heavy (non-hydrogen) atoms. The smallest absolute Gasteiger partial charge is 0.335 e. The largest absolute Gasteiger partial charge is 0.478 e. The summed E-state index contributed by atoms with van der Waals surface area (Å²) in [7, 11) is 0. The zero-order valence-electron chi connectivity index (χ0n) is 8.96. The Bertz CT molecular complexity index is 585. The first-order chi connectivity index (χ1) is 8.17. The molecule has 0 aliphatic rings. The van der Waals surface area contributed by atoms with E-state index >= 15 is 0 Å². The van der Waals surface area contributed by atoms with Gasteiger partial charge in [0.25, 0.3) is 0 Å². The summed E-state index contributed by atoms with van der Waals surface area (Å²) in [5, 5.41) is 18.4. The first kappa shape index (κ1) is 11.3. The molecule has 0 bridgehead atoms. The van der Waals surface area contributed by atoms with E-state index in [-0.39, 0.29) is 12.2 Å². The van der Waals surface area contributed by atoms with E-state index in [9.17, 15) is 9.59 Å². The molecule has 2 aromatic rings. The van der Waals surface area contributed by atoms with Crippen LogP contribution in [0.4, 0.5) is 0 Å². The average Bonchev–Trinajstić information content (AvgIpc) is 2.67. The van der Waals surface area contributed by atoms with Crippen molar-refractivity contribution in [3.8, 4) is 0 Å². The van der Waals surface area contributed by atoms with Crippen molar-refractivity contribution in [3.05, 3.63) is 35.5 Å². The summed E-state index contributed by atoms with van der Waals surface area (Å²) >= 11 is 0. The molecule has 1 aromatic heterocycles. The Morgan fingerprint density at radius 2 is 2.18 bits per heavy atom. The van der Waals surface area contributed by atoms with E-state index in [0.29, 0.717) is 23.8 Å². The van der Waals surface area contributed by atoms with Crippen LogP contribution in [0.3, 0.4) is 0 Å². The molecule has 0 saturated heterocycles. The second-order valence-corrected chi connectivity index (χ2v) is 3.66. The Kier molecular flexibility index (Phi) is 2.93. The van der Waals surface area contributed by atoms with Gasteiger partial charge in [-0.2, -0.15) is 0 Å². The number of nitrogens with zero attached hydrogens (tertiary/aromatic N) is 1. The van der Waals surface area contributed by atoms with E-state index in [1.165, 1.54) is 12.1 Å². The fraction of sp³-hybridized carbons (Fsp3) is 0.167. The van der Waals surface area contributed by atoms with Crippen LogP contribution in [-0.4, -0.2) is 33.6 Å². The van der Waals surface area contributed by atoms with Crippen molar-refractivity contribution in [1.29, 1.82) is 0 Å². The Hall–Kier alpha value is -2.14. The third-order valence-electron chi connectivity index (χ3n) is 2.63. The number of aldehydes is 1. The lowest BCUT2D eigenvalue weighted by molar-refractivity contribution is 0.0697. The van der Waals surface area contributed by atoms with Crippen molar-refractivity contribution in [1.82, 2.24) is 4.57 Å². The highest BCUT2D eigenvalue weighted by Gasteiger charge is 2.10. The molecule has 1 aromatic carbocycles. The van der Waals surface area contributed by atoms with E-state index in [4.69, 9.17) is 10.2 Å². The van der Waals surface area contributed by atoms with Crippen molar-refractivity contribution >= 4 is 23.2 Å². The number of carboxylic acid groups (broad SMARTS) is 1. The zero-order chi connectivity index (χ0) is 12.4. The second-order valence-electron chi connectivity index (χ2n) is 3.66. The summed E-state index contributed by atoms with van der Waals surface area (Å²) in [6.45, 7) is 0.333. The van der Waals surface area contributed by atoms with Crippen LogP contribution in [0.1, 0.15) is 20.7 Å². The van der Waals surface area contributed by atoms with Gasteiger partial charge in [0.15, 0.2) is 6.29 Å². The Labute approximate surface area is 96.9 Å². The van der Waals surface area contributed by atoms with Crippen LogP contribution in [0, 0.1) is 0 Å². The minimum Gasteiger partial charge on any atom is -0.478 e. The van der Waals surface area contributed by atoms with Gasteiger partial charge in [-0.25, -0.2) is 4.79 Å². The van der Waals surface area contributed by atoms with Gasteiger partial charge in [-0.05, 0) is 18.2 Å². The van der Waals surface area contributed by atoms with Gasteiger partial charge in [0.2, 0.25) is 0 Å². The third-order valence-corrected chi connectivity index (χ3v) is 2.63. The summed E-state index contributed by atoms with van der Waals surface area (Å²) in [5.74, 6) is -1.03. The lowest BCUT2D eigenvalue weighted by Gasteiger charge is -2.02. The molecule has 0 saturated carbocycles. The van der Waals surface area contributed by atoms with Crippen LogP contribution < -0.4 is 0 Å². The van der Waals surface area contributed by atoms with Gasteiger partial charge in [0, 0.05) is 29.2 Å². The molecule has 0 aliphatic heterocycles. The van der Waals surface area contributed by atoms with E-state index in [2.05, 4.69) is 0 Å². The van der Waals surface area contributed by atoms with Crippen molar-refractivity contribution in [2.75, 3.05) is 6.61 Å². The maximum Gasteiger partial charge on any atom is 0.335 e. The molecule has 5 heteroatoms. The molecule has 2 rings (SSSR count). The van der Waals surface area contributed by atoms with E-state index in [1.54, 1.807) is 16.8 Å². The molecule has 0 radical (unpaired) electrons. The Morgan fingerprint density at radius 1 is 1.41 bits per heavy atom. The quantitative estimate of drug-likeness (QED) is 0.776. The predicted octanol–water partition coefficient (Wildman–Crippen LogP) is 1.14. The van der Waals surface area contributed by atoms with Crippen LogP contribution in [0.5, 0.6) is 0 Å². The number of rotatable bonds is 4. The van der Waals surface area contributed by atoms with Crippen LogP contribution in [-0.2, 0) is 6.54 Å². The number of carbonyl (C=O) groups is 2. The van der Waals surface area contributed by atoms with Gasteiger partial charge >= 0.3 is 5.97 Å². The number of hydrogen-bond acceptors (Lipinski definition) is 3. The topological polar surface area (TPSA) is 79.5 Å². The fourth-order valence-electron chi connectivity index (χ4n) is 1.84. The number of fused-ring (bicyclic) bond motifs is 1. The maximum atomic E-state index is 10.9. The number of hydrogen-bond donors (Lipinski definition) is 2. The van der Waals surface area contributed by atoms with Crippen molar-refractivity contribution in [3.63, 3.8) is 0 Å². The molecular weight excluding hydrogens is 222 g/mol. The Balaban J connectivity index is 2.67. The number of carbonyl (C=O) groups excluding carboxylic acids is 1. The van der Waals surface area contributed by atoms with Crippen LogP contribution in [0.25, 0.3) is 10.9 Å². The molecule has 88 valence electrons. The minimum absolute atomic E-state index is 0.0389. The highest BCUT2D eigenvalue weighted by Crippen LogP contribution is 2.21. The maximum absolute atomic E-state index is 10.9. The van der Waals surface area contributed by atoms with Crippen LogP contribution in [0.15, 0.2) is 24.4 Å². The standard InChI is InChI=1S/C12H11NO4/c14-4-3-13-6-9(7-15)10-5-8(12(16)17)1-2-11(10)13/h1-2,5-7,14H,3-4H2,(H,16,17). The summed E-state index contributed by atoms with van der Waals surface area (Å²) in [6.07, 6.45) is 2.29. The fourth-order valence-corrected chi connectivity index (χ4v) is 1.84. The molecule has 0 spiro atoms. The molecule has 0 atom stereocenters. The second kappa shape index (κ2) is 4.39. The highest BCUT2D eigenvalue weighted by atomic mass is 16.4. The van der Waals surface area contributed by atoms with Crippen LogP contribution in [0.2, 0.25) is 0 Å². The van der Waals surface area contributed by atoms with E-state index < -0.39 is 5.97 Å². The third kappa shape index (κ3) is 1.92. The number of aromatic carboxylic acids is 1. The molecule has 0 aliphatic carbocycles. The van der Waals surface area contributed by atoms with Gasteiger partial charge in [0.05, 0.1) is 12.2 Å². The first-order valence-electron chi connectivity index (χ1n) is 5.09. The SMILES string of the molecule is O=Cc1cn(CCO)c2ccc(C(=O)O)cc12. The lowest BCUT2D eigenvalue weighted by atomic mass is 10.1. The number of aliphatic hydroxyl groups is 1. The molecule has 0 fully saturated rings. The average molecular weight is 233 g/mol. The number of aromatic nitrogens is 1. The summed E-state index contributed by atoms with van der Waals surface area (Å²) in [4.78, 5) is 21.7. The monoisotopic (exact) mass is 233 g/mol. The van der Waals surface area contributed by atoms with Gasteiger partial charge < -0.3 is 14.8 Å². The van der Waals surface area contributed by atoms with E-state index in [0.717, 1.165) is 5.52 Å². The van der Waals surface area contributed by atoms with Gasteiger partial charge in [-0.1, -0.05) is 0 Å². The lowest BCUT2D eigenvalue weighted by Crippen LogP contribution is -2.00. The molecule has 0 unspecified atom stereocenters. The first-order valence-corrected chi connectivity index (χ1v) is 5.09. The van der Waals surface area contributed by atoms with Gasteiger partial charge in [0.1, 0.15) is 0 Å². The molecule has 1 heterocycles. The van der Waals surface area contributed by atoms with Crippen LogP contribution >= 0.6 is 0 Å². The summed E-state index contributed by atoms with van der Waals surface area (Å²) in [5.41, 5.74) is 1.31. The molecular formula is C12H11NO4. The van der Waals surface area contributed by atoms with Crippen molar-refractivity contribution < 1.29 is 19.8 Å². The zero-order valence-corrected chi connectivity index (χ0v) is 8.96. The number of aliphatic hydroxyl groups excluding tert-OH is 1. The Morgan fingerprint density at radius 3 is 2.76 bits per heavy atom. The van der Waals surface area contributed by atoms with Crippen molar-refractivity contribution in [2.45, 2.75) is 6.54 Å². The minimum atomic E-state index is -1.03. The number of benzene rings is 1. The number of carboxylic acids is 1. The van der Waals surface area contributed by atoms with Gasteiger partial charge in [-0.15, -0.1) is 0 Å². The van der Waals surface area contributed by atoms with Gasteiger partial charge in [-0.3, -0.25) is 4.79 Å². The van der Waals surface area contributed by atoms with E-state index in [1.807, 2.05) is 0 Å². The highest BCUT2D eigenvalue weighted by molar-refractivity contribution is 6.01. The molecule has 5 nitrogen and oxygen atoms in total. The molecule has 2 N–H and O–H groups in total. The van der Waals surface area contributed by atoms with Crippen molar-refractivity contribution in [2.24, 2.45) is 0 Å². The predicted molar refractivity (Wildman–Crippen MR) is 61.4 cm³/mol. The summed E-state index contributed by atoms with van der Waals surface area (Å²) < 4.78 is 1.73.